The lowest BCUT2D eigenvalue weighted by atomic mass is 10.1. The molecule has 6 heteroatoms. The van der Waals surface area contributed by atoms with Crippen LogP contribution in [0.1, 0.15) is 30.3 Å². The highest BCUT2D eigenvalue weighted by Gasteiger charge is 2.29. The molecule has 0 N–H and O–H groups in total. The van der Waals surface area contributed by atoms with Crippen LogP contribution in [0.3, 0.4) is 0 Å². The van der Waals surface area contributed by atoms with Gasteiger partial charge >= 0.3 is 6.18 Å². The molecule has 0 aliphatic heterocycles. The molecule has 2 aromatic heterocycles. The lowest BCUT2D eigenvalue weighted by Gasteiger charge is -2.04. The highest BCUT2D eigenvalue weighted by Crippen LogP contribution is 2.32. The zero-order chi connectivity index (χ0) is 12.6. The fraction of sp³-hybridized carbons (Fsp3) is 0.455. The van der Waals surface area contributed by atoms with Gasteiger partial charge in [-0.15, -0.1) is 11.3 Å². The largest absolute Gasteiger partial charge is 0.393 e. The van der Waals surface area contributed by atoms with E-state index < -0.39 is 12.6 Å². The van der Waals surface area contributed by atoms with Crippen LogP contribution in [0.25, 0.3) is 10.2 Å². The van der Waals surface area contributed by atoms with Crippen LogP contribution in [-0.2, 0) is 6.42 Å². The summed E-state index contributed by atoms with van der Waals surface area (Å²) in [5.41, 5.74) is 0.805. The molecule has 0 bridgehead atoms. The smallest absolute Gasteiger partial charge is 0.240 e. The Morgan fingerprint density at radius 2 is 2.00 bits per heavy atom. The number of nitrogens with zero attached hydrogens (tertiary/aromatic N) is 2. The average Bonchev–Trinajstić information content (AvgIpc) is 2.55. The van der Waals surface area contributed by atoms with Gasteiger partial charge in [0.1, 0.15) is 11.2 Å². The van der Waals surface area contributed by atoms with Crippen molar-refractivity contribution >= 4 is 21.6 Å². The van der Waals surface area contributed by atoms with Crippen molar-refractivity contribution in [2.75, 3.05) is 0 Å². The average molecular weight is 260 g/mol. The van der Waals surface area contributed by atoms with Gasteiger partial charge in [0, 0.05) is 10.3 Å². The van der Waals surface area contributed by atoms with E-state index in [2.05, 4.69) is 9.97 Å². The maximum Gasteiger partial charge on any atom is 0.393 e. The van der Waals surface area contributed by atoms with Gasteiger partial charge in [-0.3, -0.25) is 0 Å². The van der Waals surface area contributed by atoms with E-state index >= 15 is 0 Å². The van der Waals surface area contributed by atoms with Crippen molar-refractivity contribution in [2.45, 2.75) is 32.4 Å². The number of hydrogen-bond donors (Lipinski definition) is 0. The van der Waals surface area contributed by atoms with Crippen LogP contribution in [0.4, 0.5) is 13.2 Å². The number of rotatable bonds is 2. The summed E-state index contributed by atoms with van der Waals surface area (Å²) in [6.07, 6.45) is -3.66. The van der Waals surface area contributed by atoms with Crippen molar-refractivity contribution < 1.29 is 13.2 Å². The second kappa shape index (κ2) is 4.25. The molecule has 92 valence electrons. The minimum atomic E-state index is -4.17. The van der Waals surface area contributed by atoms with Gasteiger partial charge in [0.25, 0.3) is 0 Å². The summed E-state index contributed by atoms with van der Waals surface area (Å²) in [7, 11) is 0. The molecule has 0 radical (unpaired) electrons. The first-order chi connectivity index (χ1) is 7.87. The molecule has 0 saturated carbocycles. The Morgan fingerprint density at radius 1 is 1.29 bits per heavy atom. The molecule has 2 aromatic rings. The first-order valence-electron chi connectivity index (χ1n) is 5.17. The monoisotopic (exact) mass is 260 g/mol. The van der Waals surface area contributed by atoms with Crippen LogP contribution in [-0.4, -0.2) is 16.1 Å². The van der Waals surface area contributed by atoms with Crippen LogP contribution in [0.5, 0.6) is 0 Å². The molecule has 0 spiro atoms. The van der Waals surface area contributed by atoms with Gasteiger partial charge in [0.15, 0.2) is 0 Å². The van der Waals surface area contributed by atoms with Gasteiger partial charge in [-0.05, 0) is 12.0 Å². The van der Waals surface area contributed by atoms with Crippen molar-refractivity contribution in [3.63, 3.8) is 0 Å². The minimum absolute atomic E-state index is 0.175. The molecule has 2 nitrogen and oxygen atoms in total. The van der Waals surface area contributed by atoms with Crippen LogP contribution in [0.15, 0.2) is 12.4 Å². The number of alkyl halides is 3. The standard InChI is InChI=1S/C11H11F3N2S/c1-6(2)9-8-3-7(4-11(12,13)14)17-10(8)16-5-15-9/h3,5-6H,4H2,1-2H3. The van der Waals surface area contributed by atoms with E-state index in [1.54, 1.807) is 6.07 Å². The zero-order valence-electron chi connectivity index (χ0n) is 9.38. The Morgan fingerprint density at radius 3 is 2.59 bits per heavy atom. The molecule has 2 heterocycles. The number of halogens is 3. The molecule has 0 amide bonds. The molecular formula is C11H11F3N2S. The second-order valence-electron chi connectivity index (χ2n) is 4.14. The van der Waals surface area contributed by atoms with Crippen LogP contribution in [0, 0.1) is 0 Å². The summed E-state index contributed by atoms with van der Waals surface area (Å²) < 4.78 is 36.9. The second-order valence-corrected chi connectivity index (χ2v) is 5.25. The lowest BCUT2D eigenvalue weighted by molar-refractivity contribution is -0.126. The Kier molecular flexibility index (Phi) is 3.07. The van der Waals surface area contributed by atoms with E-state index in [0.717, 1.165) is 22.4 Å². The molecule has 0 aliphatic carbocycles. The van der Waals surface area contributed by atoms with Crippen LogP contribution >= 0.6 is 11.3 Å². The third-order valence-electron chi connectivity index (χ3n) is 2.33. The quantitative estimate of drug-likeness (QED) is 0.817. The van der Waals surface area contributed by atoms with Crippen molar-refractivity contribution in [3.05, 3.63) is 23.0 Å². The Balaban J connectivity index is 2.47. The topological polar surface area (TPSA) is 25.8 Å². The molecule has 0 aromatic carbocycles. The number of thiophene rings is 1. The van der Waals surface area contributed by atoms with Crippen molar-refractivity contribution in [1.29, 1.82) is 0 Å². The van der Waals surface area contributed by atoms with E-state index in [1.165, 1.54) is 6.33 Å². The van der Waals surface area contributed by atoms with Gasteiger partial charge in [0.2, 0.25) is 0 Å². The first-order valence-corrected chi connectivity index (χ1v) is 5.98. The lowest BCUT2D eigenvalue weighted by Crippen LogP contribution is -2.10. The van der Waals surface area contributed by atoms with Crippen molar-refractivity contribution in [1.82, 2.24) is 9.97 Å². The fourth-order valence-corrected chi connectivity index (χ4v) is 2.70. The molecule has 0 fully saturated rings. The Labute approximate surface area is 101 Å². The fourth-order valence-electron chi connectivity index (χ4n) is 1.67. The molecule has 0 aliphatic rings. The van der Waals surface area contributed by atoms with Gasteiger partial charge in [-0.25, -0.2) is 9.97 Å². The molecule has 2 rings (SSSR count). The number of fused-ring (bicyclic) bond motifs is 1. The minimum Gasteiger partial charge on any atom is -0.240 e. The van der Waals surface area contributed by atoms with Gasteiger partial charge < -0.3 is 0 Å². The van der Waals surface area contributed by atoms with Crippen molar-refractivity contribution in [2.24, 2.45) is 0 Å². The number of aromatic nitrogens is 2. The molecule has 0 saturated heterocycles. The Bertz CT molecular complexity index is 531. The third kappa shape index (κ3) is 2.74. The predicted octanol–water partition coefficient (Wildman–Crippen LogP) is 3.92. The van der Waals surface area contributed by atoms with Gasteiger partial charge in [-0.1, -0.05) is 13.8 Å². The van der Waals surface area contributed by atoms with E-state index in [1.807, 2.05) is 13.8 Å². The SMILES string of the molecule is CC(C)c1ncnc2sc(CC(F)(F)F)cc12. The summed E-state index contributed by atoms with van der Waals surface area (Å²) in [4.78, 5) is 9.06. The molecule has 17 heavy (non-hydrogen) atoms. The predicted molar refractivity (Wildman–Crippen MR) is 61.3 cm³/mol. The molecule has 0 unspecified atom stereocenters. The van der Waals surface area contributed by atoms with E-state index in [9.17, 15) is 13.2 Å². The highest BCUT2D eigenvalue weighted by atomic mass is 32.1. The summed E-state index contributed by atoms with van der Waals surface area (Å²) in [5.74, 6) is 0.175. The normalized spacial score (nSPS) is 12.6. The maximum atomic E-state index is 12.3. The summed E-state index contributed by atoms with van der Waals surface area (Å²) >= 11 is 1.08. The summed E-state index contributed by atoms with van der Waals surface area (Å²) in [5, 5.41) is 0.742. The summed E-state index contributed by atoms with van der Waals surface area (Å²) in [6.45, 7) is 3.92. The van der Waals surface area contributed by atoms with Gasteiger partial charge in [-0.2, -0.15) is 13.2 Å². The maximum absolute atomic E-state index is 12.3. The van der Waals surface area contributed by atoms with Gasteiger partial charge in [0.05, 0.1) is 12.1 Å². The Hall–Kier alpha value is -1.17. The van der Waals surface area contributed by atoms with E-state index in [-0.39, 0.29) is 10.8 Å². The highest BCUT2D eigenvalue weighted by molar-refractivity contribution is 7.18. The summed E-state index contributed by atoms with van der Waals surface area (Å²) in [6, 6.07) is 1.56. The third-order valence-corrected chi connectivity index (χ3v) is 3.38. The number of hydrogen-bond acceptors (Lipinski definition) is 3. The van der Waals surface area contributed by atoms with Crippen LogP contribution < -0.4 is 0 Å². The van der Waals surface area contributed by atoms with E-state index in [4.69, 9.17) is 0 Å². The first kappa shape index (κ1) is 12.3. The van der Waals surface area contributed by atoms with E-state index in [0.29, 0.717) is 4.83 Å². The molecule has 0 atom stereocenters. The zero-order valence-corrected chi connectivity index (χ0v) is 10.2. The van der Waals surface area contributed by atoms with Crippen molar-refractivity contribution in [3.8, 4) is 0 Å². The van der Waals surface area contributed by atoms with Crippen LogP contribution in [0.2, 0.25) is 0 Å². The molecular weight excluding hydrogens is 249 g/mol.